The summed E-state index contributed by atoms with van der Waals surface area (Å²) in [4.78, 5) is 0. The van der Waals surface area contributed by atoms with Crippen molar-refractivity contribution in [3.05, 3.63) is 23.5 Å². The second-order valence-corrected chi connectivity index (χ2v) is 3.70. The Morgan fingerprint density at radius 1 is 1.31 bits per heavy atom. The monoisotopic (exact) mass is 233 g/mol. The van der Waals surface area contributed by atoms with E-state index in [0.717, 1.165) is 12.5 Å². The predicted octanol–water partition coefficient (Wildman–Crippen LogP) is 2.34. The van der Waals surface area contributed by atoms with Crippen LogP contribution in [0.5, 0.6) is 0 Å². The standard InChI is InChI=1S/C10H14F3N3/c1-3-7(14)6(2)8-4-5-9(16-15-8)10(11,12)13/h4-7H,3,14H2,1-2H3. The van der Waals surface area contributed by atoms with E-state index in [1.54, 1.807) is 0 Å². The van der Waals surface area contributed by atoms with Gasteiger partial charge in [-0.05, 0) is 18.6 Å². The van der Waals surface area contributed by atoms with Gasteiger partial charge in [0.15, 0.2) is 5.69 Å². The Kier molecular flexibility index (Phi) is 3.85. The minimum atomic E-state index is -4.44. The van der Waals surface area contributed by atoms with Crippen molar-refractivity contribution >= 4 is 0 Å². The number of nitrogens with two attached hydrogens (primary N) is 1. The van der Waals surface area contributed by atoms with Crippen molar-refractivity contribution in [1.29, 1.82) is 0 Å². The van der Waals surface area contributed by atoms with Gasteiger partial charge >= 0.3 is 6.18 Å². The van der Waals surface area contributed by atoms with Gasteiger partial charge in [0.05, 0.1) is 5.69 Å². The summed E-state index contributed by atoms with van der Waals surface area (Å²) in [6.45, 7) is 3.74. The van der Waals surface area contributed by atoms with Gasteiger partial charge < -0.3 is 5.73 Å². The Hall–Kier alpha value is -1.17. The molecule has 1 aromatic heterocycles. The van der Waals surface area contributed by atoms with Crippen molar-refractivity contribution in [3.63, 3.8) is 0 Å². The predicted molar refractivity (Wildman–Crippen MR) is 53.7 cm³/mol. The van der Waals surface area contributed by atoms with Crippen LogP contribution in [0.3, 0.4) is 0 Å². The first kappa shape index (κ1) is 12.9. The lowest BCUT2D eigenvalue weighted by Crippen LogP contribution is -2.26. The fourth-order valence-electron chi connectivity index (χ4n) is 1.31. The first-order valence-corrected chi connectivity index (χ1v) is 5.02. The van der Waals surface area contributed by atoms with Crippen LogP contribution in [0.15, 0.2) is 12.1 Å². The summed E-state index contributed by atoms with van der Waals surface area (Å²) in [6, 6.07) is 2.14. The van der Waals surface area contributed by atoms with Crippen LogP contribution in [0, 0.1) is 0 Å². The summed E-state index contributed by atoms with van der Waals surface area (Å²) >= 11 is 0. The minimum Gasteiger partial charge on any atom is -0.327 e. The Bertz CT molecular complexity index is 334. The normalized spacial score (nSPS) is 15.9. The highest BCUT2D eigenvalue weighted by atomic mass is 19.4. The molecule has 0 aliphatic rings. The van der Waals surface area contributed by atoms with E-state index < -0.39 is 11.9 Å². The average molecular weight is 233 g/mol. The van der Waals surface area contributed by atoms with Crippen LogP contribution < -0.4 is 5.73 Å². The van der Waals surface area contributed by atoms with E-state index in [0.29, 0.717) is 5.69 Å². The van der Waals surface area contributed by atoms with E-state index in [9.17, 15) is 13.2 Å². The molecule has 1 aromatic rings. The molecule has 1 heterocycles. The van der Waals surface area contributed by atoms with Gasteiger partial charge in [0.1, 0.15) is 0 Å². The summed E-state index contributed by atoms with van der Waals surface area (Å²) in [6.07, 6.45) is -3.70. The van der Waals surface area contributed by atoms with Crippen LogP contribution in [0.2, 0.25) is 0 Å². The number of rotatable bonds is 3. The Labute approximate surface area is 91.9 Å². The first-order valence-electron chi connectivity index (χ1n) is 5.02. The van der Waals surface area contributed by atoms with Gasteiger partial charge in [0.25, 0.3) is 0 Å². The van der Waals surface area contributed by atoms with E-state index in [-0.39, 0.29) is 12.0 Å². The van der Waals surface area contributed by atoms with E-state index in [2.05, 4.69) is 10.2 Å². The zero-order valence-electron chi connectivity index (χ0n) is 9.12. The molecule has 0 bridgehead atoms. The molecule has 2 N–H and O–H groups in total. The summed E-state index contributed by atoms with van der Waals surface area (Å²) in [5.74, 6) is -0.0974. The second kappa shape index (κ2) is 4.78. The maximum absolute atomic E-state index is 12.2. The smallest absolute Gasteiger partial charge is 0.327 e. The molecule has 0 saturated carbocycles. The van der Waals surface area contributed by atoms with Crippen molar-refractivity contribution in [2.45, 2.75) is 38.4 Å². The van der Waals surface area contributed by atoms with Gasteiger partial charge in [-0.3, -0.25) is 0 Å². The van der Waals surface area contributed by atoms with Crippen LogP contribution in [-0.4, -0.2) is 16.2 Å². The molecule has 0 aliphatic carbocycles. The van der Waals surface area contributed by atoms with Crippen molar-refractivity contribution in [2.24, 2.45) is 5.73 Å². The molecule has 1 rings (SSSR count). The molecule has 0 saturated heterocycles. The molecule has 0 amide bonds. The molecule has 3 nitrogen and oxygen atoms in total. The number of halogens is 3. The highest BCUT2D eigenvalue weighted by Gasteiger charge is 2.33. The molecule has 0 aromatic carbocycles. The Balaban J connectivity index is 2.87. The third-order valence-corrected chi connectivity index (χ3v) is 2.56. The SMILES string of the molecule is CCC(N)C(C)c1ccc(C(F)(F)F)nn1. The molecular weight excluding hydrogens is 219 g/mol. The zero-order chi connectivity index (χ0) is 12.3. The van der Waals surface area contributed by atoms with Crippen LogP contribution in [-0.2, 0) is 6.18 Å². The highest BCUT2D eigenvalue weighted by Crippen LogP contribution is 2.27. The summed E-state index contributed by atoms with van der Waals surface area (Å²) < 4.78 is 36.7. The molecule has 0 radical (unpaired) electrons. The highest BCUT2D eigenvalue weighted by molar-refractivity contribution is 5.13. The lowest BCUT2D eigenvalue weighted by atomic mass is 9.97. The quantitative estimate of drug-likeness (QED) is 0.871. The Morgan fingerprint density at radius 2 is 1.94 bits per heavy atom. The topological polar surface area (TPSA) is 51.8 Å². The maximum atomic E-state index is 12.2. The molecule has 6 heteroatoms. The summed E-state index contributed by atoms with van der Waals surface area (Å²) in [5, 5.41) is 6.72. The third-order valence-electron chi connectivity index (χ3n) is 2.56. The third kappa shape index (κ3) is 2.91. The van der Waals surface area contributed by atoms with Crippen molar-refractivity contribution in [3.8, 4) is 0 Å². The first-order chi connectivity index (χ1) is 7.36. The fourth-order valence-corrected chi connectivity index (χ4v) is 1.31. The van der Waals surface area contributed by atoms with Crippen molar-refractivity contribution < 1.29 is 13.2 Å². The Morgan fingerprint density at radius 3 is 2.31 bits per heavy atom. The number of nitrogens with zero attached hydrogens (tertiary/aromatic N) is 2. The second-order valence-electron chi connectivity index (χ2n) is 3.70. The van der Waals surface area contributed by atoms with E-state index in [1.165, 1.54) is 6.07 Å². The molecule has 16 heavy (non-hydrogen) atoms. The molecule has 2 atom stereocenters. The van der Waals surface area contributed by atoms with Crippen molar-refractivity contribution in [1.82, 2.24) is 10.2 Å². The lowest BCUT2D eigenvalue weighted by molar-refractivity contribution is -0.141. The summed E-state index contributed by atoms with van der Waals surface area (Å²) in [7, 11) is 0. The number of hydrogen-bond acceptors (Lipinski definition) is 3. The average Bonchev–Trinajstić information content (AvgIpc) is 2.26. The van der Waals surface area contributed by atoms with Gasteiger partial charge in [-0.2, -0.15) is 18.3 Å². The van der Waals surface area contributed by atoms with E-state index >= 15 is 0 Å². The van der Waals surface area contributed by atoms with Gasteiger partial charge in [-0.25, -0.2) is 0 Å². The molecule has 90 valence electrons. The van der Waals surface area contributed by atoms with Gasteiger partial charge in [0, 0.05) is 12.0 Å². The summed E-state index contributed by atoms with van der Waals surface area (Å²) in [5.41, 5.74) is 5.29. The minimum absolute atomic E-state index is 0.0974. The number of hydrogen-bond donors (Lipinski definition) is 1. The molecule has 0 aliphatic heterocycles. The van der Waals surface area contributed by atoms with Crippen LogP contribution in [0.4, 0.5) is 13.2 Å². The number of alkyl halides is 3. The van der Waals surface area contributed by atoms with Gasteiger partial charge in [-0.1, -0.05) is 13.8 Å². The van der Waals surface area contributed by atoms with Crippen LogP contribution >= 0.6 is 0 Å². The maximum Gasteiger partial charge on any atom is 0.435 e. The van der Waals surface area contributed by atoms with Gasteiger partial charge in [0.2, 0.25) is 0 Å². The molecule has 0 spiro atoms. The molecule has 2 unspecified atom stereocenters. The molecule has 0 fully saturated rings. The number of aromatic nitrogens is 2. The zero-order valence-corrected chi connectivity index (χ0v) is 9.12. The fraction of sp³-hybridized carbons (Fsp3) is 0.600. The lowest BCUT2D eigenvalue weighted by Gasteiger charge is -2.17. The van der Waals surface area contributed by atoms with Gasteiger partial charge in [-0.15, -0.1) is 5.10 Å². The van der Waals surface area contributed by atoms with E-state index in [4.69, 9.17) is 5.73 Å². The van der Waals surface area contributed by atoms with E-state index in [1.807, 2.05) is 13.8 Å². The largest absolute Gasteiger partial charge is 0.435 e. The van der Waals surface area contributed by atoms with Crippen molar-refractivity contribution in [2.75, 3.05) is 0 Å². The molecular formula is C10H14F3N3. The van der Waals surface area contributed by atoms with Crippen LogP contribution in [0.1, 0.15) is 37.6 Å². The van der Waals surface area contributed by atoms with Crippen LogP contribution in [0.25, 0.3) is 0 Å².